The van der Waals surface area contributed by atoms with Crippen molar-refractivity contribution in [3.8, 4) is 0 Å². The third-order valence-electron chi connectivity index (χ3n) is 4.27. The summed E-state index contributed by atoms with van der Waals surface area (Å²) in [4.78, 5) is 14.5. The SMILES string of the molecule is COCCOCC1CCN(C(=O)c2ccc(Cl)c(S(=O)(=O)NC(C)(C)C)c2)C1. The van der Waals surface area contributed by atoms with Gasteiger partial charge in [-0.2, -0.15) is 0 Å². The number of amides is 1. The Morgan fingerprint density at radius 3 is 2.68 bits per heavy atom. The second-order valence-electron chi connectivity index (χ2n) is 7.97. The van der Waals surface area contributed by atoms with Gasteiger partial charge in [0.1, 0.15) is 4.90 Å². The van der Waals surface area contributed by atoms with E-state index in [1.165, 1.54) is 12.1 Å². The molecule has 0 aromatic heterocycles. The van der Waals surface area contributed by atoms with Crippen LogP contribution in [0, 0.1) is 5.92 Å². The van der Waals surface area contributed by atoms with Crippen molar-refractivity contribution in [2.24, 2.45) is 5.92 Å². The highest BCUT2D eigenvalue weighted by atomic mass is 35.5. The Morgan fingerprint density at radius 2 is 2.04 bits per heavy atom. The Hall–Kier alpha value is -1.19. The Bertz CT molecular complexity index is 792. The molecule has 1 atom stereocenters. The number of nitrogens with one attached hydrogen (secondary N) is 1. The predicted octanol–water partition coefficient (Wildman–Crippen LogP) is 2.54. The van der Waals surface area contributed by atoms with Crippen LogP contribution in [0.1, 0.15) is 37.6 Å². The molecule has 158 valence electrons. The molecule has 28 heavy (non-hydrogen) atoms. The minimum Gasteiger partial charge on any atom is -0.382 e. The first-order valence-electron chi connectivity index (χ1n) is 9.23. The van der Waals surface area contributed by atoms with Crippen LogP contribution < -0.4 is 4.72 Å². The number of benzene rings is 1. The fraction of sp³-hybridized carbons (Fsp3) is 0.632. The molecule has 1 aliphatic rings. The van der Waals surface area contributed by atoms with Crippen LogP contribution in [0.4, 0.5) is 0 Å². The summed E-state index contributed by atoms with van der Waals surface area (Å²) in [5.41, 5.74) is -0.354. The molecule has 0 aliphatic carbocycles. The average Bonchev–Trinajstić information content (AvgIpc) is 3.05. The van der Waals surface area contributed by atoms with E-state index in [2.05, 4.69) is 4.72 Å². The molecule has 1 saturated heterocycles. The van der Waals surface area contributed by atoms with Gasteiger partial charge in [-0.15, -0.1) is 0 Å². The second-order valence-corrected chi connectivity index (χ2v) is 10.0. The van der Waals surface area contributed by atoms with Crippen LogP contribution in [0.2, 0.25) is 5.02 Å². The predicted molar refractivity (Wildman–Crippen MR) is 108 cm³/mol. The highest BCUT2D eigenvalue weighted by Gasteiger charge is 2.29. The Labute approximate surface area is 172 Å². The number of sulfonamides is 1. The van der Waals surface area contributed by atoms with Crippen LogP contribution in [-0.4, -0.2) is 64.8 Å². The zero-order valence-electron chi connectivity index (χ0n) is 16.8. The van der Waals surface area contributed by atoms with Gasteiger partial charge in [0.25, 0.3) is 5.91 Å². The summed E-state index contributed by atoms with van der Waals surface area (Å²) in [5, 5.41) is 0.0825. The van der Waals surface area contributed by atoms with Gasteiger partial charge in [-0.25, -0.2) is 13.1 Å². The van der Waals surface area contributed by atoms with Crippen LogP contribution in [0.3, 0.4) is 0 Å². The van der Waals surface area contributed by atoms with E-state index in [0.29, 0.717) is 38.5 Å². The number of halogens is 1. The molecule has 0 radical (unpaired) electrons. The zero-order chi connectivity index (χ0) is 20.9. The first kappa shape index (κ1) is 23.1. The molecule has 1 aromatic rings. The normalized spacial score (nSPS) is 17.9. The minimum absolute atomic E-state index is 0.0825. The van der Waals surface area contributed by atoms with Gasteiger partial charge in [0, 0.05) is 37.2 Å². The van der Waals surface area contributed by atoms with Crippen molar-refractivity contribution in [1.82, 2.24) is 9.62 Å². The van der Waals surface area contributed by atoms with Crippen molar-refractivity contribution in [2.45, 2.75) is 37.6 Å². The third kappa shape index (κ3) is 6.42. The van der Waals surface area contributed by atoms with Crippen LogP contribution in [0.15, 0.2) is 23.1 Å². The Morgan fingerprint density at radius 1 is 1.32 bits per heavy atom. The Kier molecular flexibility index (Phi) is 7.87. The van der Waals surface area contributed by atoms with Crippen LogP contribution in [-0.2, 0) is 19.5 Å². The van der Waals surface area contributed by atoms with Gasteiger partial charge in [0.2, 0.25) is 10.0 Å². The van der Waals surface area contributed by atoms with E-state index < -0.39 is 15.6 Å². The smallest absolute Gasteiger partial charge is 0.253 e. The lowest BCUT2D eigenvalue weighted by Crippen LogP contribution is -2.40. The lowest BCUT2D eigenvalue weighted by atomic mass is 10.1. The highest BCUT2D eigenvalue weighted by Crippen LogP contribution is 2.26. The van der Waals surface area contributed by atoms with Gasteiger partial charge < -0.3 is 14.4 Å². The van der Waals surface area contributed by atoms with Crippen molar-refractivity contribution in [3.63, 3.8) is 0 Å². The molecule has 1 aliphatic heterocycles. The molecule has 1 heterocycles. The van der Waals surface area contributed by atoms with Crippen molar-refractivity contribution in [3.05, 3.63) is 28.8 Å². The number of rotatable bonds is 8. The number of likely N-dealkylation sites (tertiary alicyclic amines) is 1. The maximum Gasteiger partial charge on any atom is 0.253 e. The van der Waals surface area contributed by atoms with E-state index in [9.17, 15) is 13.2 Å². The van der Waals surface area contributed by atoms with Gasteiger partial charge >= 0.3 is 0 Å². The van der Waals surface area contributed by atoms with E-state index >= 15 is 0 Å². The lowest BCUT2D eigenvalue weighted by Gasteiger charge is -2.21. The van der Waals surface area contributed by atoms with Gasteiger partial charge in [0.15, 0.2) is 0 Å². The highest BCUT2D eigenvalue weighted by molar-refractivity contribution is 7.89. The van der Waals surface area contributed by atoms with Crippen molar-refractivity contribution >= 4 is 27.5 Å². The molecule has 1 amide bonds. The van der Waals surface area contributed by atoms with Gasteiger partial charge in [-0.3, -0.25) is 4.79 Å². The van der Waals surface area contributed by atoms with Crippen LogP contribution in [0.25, 0.3) is 0 Å². The topological polar surface area (TPSA) is 84.9 Å². The van der Waals surface area contributed by atoms with E-state index in [4.69, 9.17) is 21.1 Å². The zero-order valence-corrected chi connectivity index (χ0v) is 18.4. The quantitative estimate of drug-likeness (QED) is 0.638. The molecule has 7 nitrogen and oxygen atoms in total. The van der Waals surface area contributed by atoms with E-state index in [1.807, 2.05) is 0 Å². The number of nitrogens with zero attached hydrogens (tertiary/aromatic N) is 1. The number of hydrogen-bond acceptors (Lipinski definition) is 5. The number of ether oxygens (including phenoxy) is 2. The first-order valence-corrected chi connectivity index (χ1v) is 11.1. The van der Waals surface area contributed by atoms with Gasteiger partial charge in [-0.05, 0) is 45.4 Å². The van der Waals surface area contributed by atoms with Crippen LogP contribution in [0.5, 0.6) is 0 Å². The standard InChI is InChI=1S/C19H29ClN2O5S/c1-19(2,3)21-28(24,25)17-11-15(5-6-16(17)20)18(23)22-8-7-14(12-22)13-27-10-9-26-4/h5-6,11,14,21H,7-10,12-13H2,1-4H3. The minimum atomic E-state index is -3.84. The maximum atomic E-state index is 12.9. The number of hydrogen-bond donors (Lipinski definition) is 1. The van der Waals surface area contributed by atoms with Crippen molar-refractivity contribution < 1.29 is 22.7 Å². The van der Waals surface area contributed by atoms with Gasteiger partial charge in [0.05, 0.1) is 24.8 Å². The van der Waals surface area contributed by atoms with E-state index in [-0.39, 0.29) is 21.7 Å². The lowest BCUT2D eigenvalue weighted by molar-refractivity contribution is 0.0515. The maximum absolute atomic E-state index is 12.9. The largest absolute Gasteiger partial charge is 0.382 e. The summed E-state index contributed by atoms with van der Waals surface area (Å²) in [6, 6.07) is 4.36. The number of carbonyl (C=O) groups excluding carboxylic acids is 1. The number of methoxy groups -OCH3 is 1. The summed E-state index contributed by atoms with van der Waals surface area (Å²) in [6.07, 6.45) is 0.850. The molecular weight excluding hydrogens is 404 g/mol. The van der Waals surface area contributed by atoms with E-state index in [0.717, 1.165) is 6.42 Å². The fourth-order valence-electron chi connectivity index (χ4n) is 3.03. The Balaban J connectivity index is 2.09. The third-order valence-corrected chi connectivity index (χ3v) is 6.51. The summed E-state index contributed by atoms with van der Waals surface area (Å²) < 4.78 is 38.3. The molecule has 1 aromatic carbocycles. The second kappa shape index (κ2) is 9.54. The summed E-state index contributed by atoms with van der Waals surface area (Å²) >= 11 is 6.11. The molecule has 2 rings (SSSR count). The fourth-order valence-corrected chi connectivity index (χ4v) is 4.97. The average molecular weight is 433 g/mol. The number of carbonyl (C=O) groups is 1. The molecule has 0 spiro atoms. The molecule has 0 bridgehead atoms. The summed E-state index contributed by atoms with van der Waals surface area (Å²) in [7, 11) is -2.22. The molecule has 1 fully saturated rings. The van der Waals surface area contributed by atoms with Crippen LogP contribution >= 0.6 is 11.6 Å². The molecule has 1 unspecified atom stereocenters. The first-order chi connectivity index (χ1) is 13.0. The monoisotopic (exact) mass is 432 g/mol. The van der Waals surface area contributed by atoms with E-state index in [1.54, 1.807) is 38.8 Å². The summed E-state index contributed by atoms with van der Waals surface area (Å²) in [5.74, 6) is 0.0575. The van der Waals surface area contributed by atoms with Gasteiger partial charge in [-0.1, -0.05) is 11.6 Å². The molecule has 1 N–H and O–H groups in total. The van der Waals surface area contributed by atoms with Crippen molar-refractivity contribution in [2.75, 3.05) is 40.0 Å². The molecular formula is C19H29ClN2O5S. The molecule has 0 saturated carbocycles. The van der Waals surface area contributed by atoms with Crippen molar-refractivity contribution in [1.29, 1.82) is 0 Å². The summed E-state index contributed by atoms with van der Waals surface area (Å²) in [6.45, 7) is 8.06. The molecule has 9 heteroatoms.